The fraction of sp³-hybridized carbons (Fsp3) is 0.974. The largest absolute Gasteiger partial charge is 0.463 e. The zero-order chi connectivity index (χ0) is 34.7. The first-order chi connectivity index (χ1) is 23.8. The molecule has 0 heterocycles. The molecular weight excluding hydrogens is 616 g/mol. The summed E-state index contributed by atoms with van der Waals surface area (Å²) in [7, 11) is 0. The zero-order valence-electron chi connectivity index (χ0n) is 31.3. The highest BCUT2D eigenvalue weighted by molar-refractivity contribution is 5.69. The van der Waals surface area contributed by atoms with Gasteiger partial charge in [-0.05, 0) is 12.8 Å². The van der Waals surface area contributed by atoms with Gasteiger partial charge in [0.25, 0.3) is 0 Å². The fourth-order valence-corrected chi connectivity index (χ4v) is 4.82. The predicted molar refractivity (Wildman–Crippen MR) is 192 cm³/mol. The lowest BCUT2D eigenvalue weighted by Gasteiger charge is -2.09. The van der Waals surface area contributed by atoms with Crippen molar-refractivity contribution in [2.45, 2.75) is 129 Å². The van der Waals surface area contributed by atoms with Gasteiger partial charge in [0, 0.05) is 13.0 Å². The van der Waals surface area contributed by atoms with Gasteiger partial charge >= 0.3 is 5.97 Å². The molecule has 0 atom stereocenters. The van der Waals surface area contributed by atoms with Gasteiger partial charge in [0.05, 0.1) is 99.1 Å². The van der Waals surface area contributed by atoms with Crippen molar-refractivity contribution in [1.82, 2.24) is 0 Å². The molecule has 0 aliphatic heterocycles. The van der Waals surface area contributed by atoms with Crippen LogP contribution >= 0.6 is 0 Å². The van der Waals surface area contributed by atoms with E-state index in [0.29, 0.717) is 112 Å². The van der Waals surface area contributed by atoms with E-state index >= 15 is 0 Å². The number of carbonyl (C=O) groups excluding carboxylic acids is 1. The lowest BCUT2D eigenvalue weighted by molar-refractivity contribution is -0.145. The van der Waals surface area contributed by atoms with Crippen LogP contribution in [0.5, 0.6) is 0 Å². The minimum atomic E-state index is -0.125. The molecule has 10 heteroatoms. The minimum absolute atomic E-state index is 0.125. The van der Waals surface area contributed by atoms with Gasteiger partial charge in [-0.25, -0.2) is 0 Å². The van der Waals surface area contributed by atoms with Gasteiger partial charge in [-0.2, -0.15) is 0 Å². The quantitative estimate of drug-likeness (QED) is 0.0466. The SMILES string of the molecule is CCCCCCCCCCCCCCCCCC(=O)OCCOCCOCCOCCOCCOCCOCCOCCOCCCC. The maximum atomic E-state index is 11.9. The van der Waals surface area contributed by atoms with E-state index in [0.717, 1.165) is 32.3 Å². The molecule has 0 aromatic carbocycles. The smallest absolute Gasteiger partial charge is 0.305 e. The molecule has 0 amide bonds. The number of ether oxygens (including phenoxy) is 9. The van der Waals surface area contributed by atoms with E-state index in [2.05, 4.69) is 13.8 Å². The zero-order valence-corrected chi connectivity index (χ0v) is 31.3. The molecule has 0 saturated heterocycles. The maximum Gasteiger partial charge on any atom is 0.305 e. The molecule has 0 rings (SSSR count). The minimum Gasteiger partial charge on any atom is -0.463 e. The summed E-state index contributed by atoms with van der Waals surface area (Å²) in [6, 6.07) is 0. The van der Waals surface area contributed by atoms with Gasteiger partial charge in [0.15, 0.2) is 0 Å². The monoisotopic (exact) mass is 693 g/mol. The summed E-state index contributed by atoms with van der Waals surface area (Å²) in [5.41, 5.74) is 0. The number of carbonyl (C=O) groups is 1. The van der Waals surface area contributed by atoms with Crippen LogP contribution in [-0.2, 0) is 47.4 Å². The molecule has 0 radical (unpaired) electrons. The first kappa shape index (κ1) is 47.1. The molecule has 0 N–H and O–H groups in total. The van der Waals surface area contributed by atoms with E-state index in [1.165, 1.54) is 83.5 Å². The van der Waals surface area contributed by atoms with Crippen molar-refractivity contribution >= 4 is 5.97 Å². The summed E-state index contributed by atoms with van der Waals surface area (Å²) in [6.07, 6.45) is 22.5. The van der Waals surface area contributed by atoms with Crippen LogP contribution in [0.15, 0.2) is 0 Å². The summed E-state index contributed by atoms with van der Waals surface area (Å²) in [6.45, 7) is 13.4. The lowest BCUT2D eigenvalue weighted by Crippen LogP contribution is -2.15. The Bertz CT molecular complexity index is 596. The highest BCUT2D eigenvalue weighted by Gasteiger charge is 2.03. The number of hydrogen-bond acceptors (Lipinski definition) is 10. The predicted octanol–water partition coefficient (Wildman–Crippen LogP) is 7.72. The molecule has 0 bridgehead atoms. The summed E-state index contributed by atoms with van der Waals surface area (Å²) in [5, 5.41) is 0. The number of rotatable bonds is 43. The number of unbranched alkanes of at least 4 members (excludes halogenated alkanes) is 15. The van der Waals surface area contributed by atoms with Gasteiger partial charge in [0.2, 0.25) is 0 Å². The first-order valence-corrected chi connectivity index (χ1v) is 19.6. The molecule has 0 aromatic heterocycles. The molecule has 10 nitrogen and oxygen atoms in total. The van der Waals surface area contributed by atoms with E-state index in [1.54, 1.807) is 0 Å². The second kappa shape index (κ2) is 44.2. The van der Waals surface area contributed by atoms with Crippen LogP contribution in [0, 0.1) is 0 Å². The number of esters is 1. The van der Waals surface area contributed by atoms with E-state index in [9.17, 15) is 4.79 Å². The normalized spacial score (nSPS) is 11.5. The van der Waals surface area contributed by atoms with Gasteiger partial charge in [-0.15, -0.1) is 0 Å². The molecule has 0 aromatic rings. The van der Waals surface area contributed by atoms with Crippen molar-refractivity contribution in [2.75, 3.05) is 112 Å². The molecule has 0 aliphatic carbocycles. The molecule has 0 unspecified atom stereocenters. The molecule has 288 valence electrons. The van der Waals surface area contributed by atoms with Crippen LogP contribution in [0.25, 0.3) is 0 Å². The summed E-state index contributed by atoms with van der Waals surface area (Å²) >= 11 is 0. The van der Waals surface area contributed by atoms with Crippen molar-refractivity contribution in [3.8, 4) is 0 Å². The maximum absolute atomic E-state index is 11.9. The second-order valence-electron chi connectivity index (χ2n) is 12.2. The fourth-order valence-electron chi connectivity index (χ4n) is 4.82. The van der Waals surface area contributed by atoms with Crippen molar-refractivity contribution in [2.24, 2.45) is 0 Å². The Hall–Kier alpha value is -0.850. The van der Waals surface area contributed by atoms with Crippen LogP contribution in [-0.4, -0.2) is 118 Å². The van der Waals surface area contributed by atoms with Crippen LogP contribution in [0.3, 0.4) is 0 Å². The Kier molecular flexibility index (Phi) is 43.4. The van der Waals surface area contributed by atoms with Crippen LogP contribution in [0.4, 0.5) is 0 Å². The highest BCUT2D eigenvalue weighted by atomic mass is 16.6. The van der Waals surface area contributed by atoms with Gasteiger partial charge in [-0.3, -0.25) is 4.79 Å². The van der Waals surface area contributed by atoms with Gasteiger partial charge in [-0.1, -0.05) is 110 Å². The van der Waals surface area contributed by atoms with E-state index in [1.807, 2.05) is 0 Å². The summed E-state index contributed by atoms with van der Waals surface area (Å²) in [4.78, 5) is 11.9. The second-order valence-corrected chi connectivity index (χ2v) is 12.2. The van der Waals surface area contributed by atoms with Gasteiger partial charge < -0.3 is 42.6 Å². The van der Waals surface area contributed by atoms with Crippen LogP contribution in [0.2, 0.25) is 0 Å². The summed E-state index contributed by atoms with van der Waals surface area (Å²) in [5.74, 6) is -0.125. The number of hydrogen-bond donors (Lipinski definition) is 0. The van der Waals surface area contributed by atoms with Crippen molar-refractivity contribution in [3.05, 3.63) is 0 Å². The van der Waals surface area contributed by atoms with Crippen molar-refractivity contribution in [3.63, 3.8) is 0 Å². The Morgan fingerprint density at radius 1 is 0.292 bits per heavy atom. The lowest BCUT2D eigenvalue weighted by atomic mass is 10.0. The van der Waals surface area contributed by atoms with Crippen molar-refractivity contribution in [1.29, 1.82) is 0 Å². The standard InChI is InChI=1S/C38H76O10/c1-3-5-7-8-9-10-11-12-13-14-15-16-17-18-19-20-38(39)48-37-36-47-35-34-46-33-32-45-31-30-44-29-28-43-27-26-42-25-24-41-23-22-40-21-6-4-2/h3-37H2,1-2H3. The molecule has 0 fully saturated rings. The third-order valence-corrected chi connectivity index (χ3v) is 7.72. The Balaban J connectivity index is 3.13. The summed E-state index contributed by atoms with van der Waals surface area (Å²) < 4.78 is 49.0. The average molecular weight is 693 g/mol. The van der Waals surface area contributed by atoms with E-state index < -0.39 is 0 Å². The third-order valence-electron chi connectivity index (χ3n) is 7.72. The molecular formula is C38H76O10. The van der Waals surface area contributed by atoms with E-state index in [-0.39, 0.29) is 5.97 Å². The Morgan fingerprint density at radius 2 is 0.542 bits per heavy atom. The molecule has 0 spiro atoms. The van der Waals surface area contributed by atoms with Crippen molar-refractivity contribution < 1.29 is 47.4 Å². The first-order valence-electron chi connectivity index (χ1n) is 19.6. The topological polar surface area (TPSA) is 100 Å². The molecule has 48 heavy (non-hydrogen) atoms. The van der Waals surface area contributed by atoms with Crippen LogP contribution < -0.4 is 0 Å². The van der Waals surface area contributed by atoms with E-state index in [4.69, 9.17) is 42.6 Å². The van der Waals surface area contributed by atoms with Crippen LogP contribution in [0.1, 0.15) is 129 Å². The Morgan fingerprint density at radius 3 is 0.854 bits per heavy atom. The average Bonchev–Trinajstić information content (AvgIpc) is 3.09. The molecule has 0 aliphatic rings. The Labute approximate surface area is 294 Å². The highest BCUT2D eigenvalue weighted by Crippen LogP contribution is 2.13. The third kappa shape index (κ3) is 43.2. The van der Waals surface area contributed by atoms with Gasteiger partial charge in [0.1, 0.15) is 6.61 Å². The molecule has 0 saturated carbocycles.